The van der Waals surface area contributed by atoms with E-state index in [-0.39, 0.29) is 5.41 Å². The van der Waals surface area contributed by atoms with Crippen molar-refractivity contribution in [1.82, 2.24) is 0 Å². The van der Waals surface area contributed by atoms with Crippen LogP contribution in [0.1, 0.15) is 31.9 Å². The number of rotatable bonds is 2. The van der Waals surface area contributed by atoms with Gasteiger partial charge in [0.15, 0.2) is 0 Å². The molecule has 0 spiro atoms. The summed E-state index contributed by atoms with van der Waals surface area (Å²) in [5.74, 6) is 0.861. The van der Waals surface area contributed by atoms with Crippen LogP contribution in [-0.2, 0) is 11.2 Å². The van der Waals surface area contributed by atoms with Crippen LogP contribution < -0.4 is 0 Å². The fraction of sp³-hybridized carbons (Fsp3) is 0.238. The van der Waals surface area contributed by atoms with E-state index in [9.17, 15) is 5.11 Å². The Morgan fingerprint density at radius 1 is 0.913 bits per heavy atom. The van der Waals surface area contributed by atoms with Gasteiger partial charge in [0.25, 0.3) is 0 Å². The van der Waals surface area contributed by atoms with Crippen LogP contribution in [-0.4, -0.2) is 5.11 Å². The standard InChI is InChI=1S/C21H22OS/c1-21(2,3)18-11-17(13-23)20(22)19(12-18)16-9-8-14-6-4-5-7-15(14)10-16/h4-12,22-23H,13H2,1-3H3. The Hall–Kier alpha value is -1.93. The maximum Gasteiger partial charge on any atom is 0.127 e. The molecule has 1 N–H and O–H groups in total. The molecule has 0 radical (unpaired) electrons. The zero-order chi connectivity index (χ0) is 16.6. The maximum atomic E-state index is 10.7. The molecule has 0 saturated heterocycles. The summed E-state index contributed by atoms with van der Waals surface area (Å²) < 4.78 is 0. The van der Waals surface area contributed by atoms with E-state index in [2.05, 4.69) is 75.9 Å². The molecule has 1 nitrogen and oxygen atoms in total. The molecule has 3 rings (SSSR count). The van der Waals surface area contributed by atoms with E-state index < -0.39 is 0 Å². The number of aromatic hydroxyl groups is 1. The number of thiol groups is 1. The monoisotopic (exact) mass is 322 g/mol. The van der Waals surface area contributed by atoms with E-state index >= 15 is 0 Å². The van der Waals surface area contributed by atoms with Gasteiger partial charge in [0, 0.05) is 16.9 Å². The summed E-state index contributed by atoms with van der Waals surface area (Å²) in [6.07, 6.45) is 0. The molecule has 0 atom stereocenters. The lowest BCUT2D eigenvalue weighted by Gasteiger charge is -2.22. The van der Waals surface area contributed by atoms with Gasteiger partial charge in [-0.1, -0.05) is 63.2 Å². The molecule has 0 aliphatic heterocycles. The van der Waals surface area contributed by atoms with Crippen LogP contribution in [0.5, 0.6) is 5.75 Å². The van der Waals surface area contributed by atoms with E-state index in [0.29, 0.717) is 11.5 Å². The molecule has 0 fully saturated rings. The van der Waals surface area contributed by atoms with Crippen molar-refractivity contribution >= 4 is 23.4 Å². The van der Waals surface area contributed by atoms with Gasteiger partial charge in [-0.3, -0.25) is 0 Å². The van der Waals surface area contributed by atoms with Crippen LogP contribution in [0, 0.1) is 0 Å². The van der Waals surface area contributed by atoms with E-state index in [4.69, 9.17) is 0 Å². The molecule has 0 aliphatic rings. The highest BCUT2D eigenvalue weighted by atomic mass is 32.1. The third-order valence-corrected chi connectivity index (χ3v) is 4.63. The van der Waals surface area contributed by atoms with Gasteiger partial charge in [0.05, 0.1) is 0 Å². The molecule has 0 aromatic heterocycles. The largest absolute Gasteiger partial charge is 0.507 e. The second kappa shape index (κ2) is 5.93. The molecule has 0 unspecified atom stereocenters. The zero-order valence-corrected chi connectivity index (χ0v) is 14.7. The van der Waals surface area contributed by atoms with Crippen LogP contribution in [0.2, 0.25) is 0 Å². The Balaban J connectivity index is 2.24. The Bertz CT molecular complexity index is 859. The Kier molecular flexibility index (Phi) is 4.11. The van der Waals surface area contributed by atoms with E-state index in [1.807, 2.05) is 12.1 Å². The number of hydrogen-bond donors (Lipinski definition) is 2. The maximum absolute atomic E-state index is 10.7. The van der Waals surface area contributed by atoms with Crippen LogP contribution in [0.15, 0.2) is 54.6 Å². The first-order valence-corrected chi connectivity index (χ1v) is 8.50. The van der Waals surface area contributed by atoms with E-state index in [0.717, 1.165) is 16.7 Å². The fourth-order valence-electron chi connectivity index (χ4n) is 2.83. The van der Waals surface area contributed by atoms with Gasteiger partial charge in [0.2, 0.25) is 0 Å². The summed E-state index contributed by atoms with van der Waals surface area (Å²) in [5.41, 5.74) is 4.03. The summed E-state index contributed by atoms with van der Waals surface area (Å²) in [6.45, 7) is 6.56. The number of benzene rings is 3. The smallest absolute Gasteiger partial charge is 0.127 e. The van der Waals surface area contributed by atoms with Gasteiger partial charge in [-0.25, -0.2) is 0 Å². The average Bonchev–Trinajstić information content (AvgIpc) is 2.53. The molecule has 2 heteroatoms. The van der Waals surface area contributed by atoms with Crippen molar-refractivity contribution in [2.75, 3.05) is 0 Å². The lowest BCUT2D eigenvalue weighted by atomic mass is 9.83. The lowest BCUT2D eigenvalue weighted by Crippen LogP contribution is -2.11. The minimum absolute atomic E-state index is 0.0248. The van der Waals surface area contributed by atoms with Gasteiger partial charge in [-0.15, -0.1) is 0 Å². The number of hydrogen-bond acceptors (Lipinski definition) is 2. The van der Waals surface area contributed by atoms with E-state index in [1.165, 1.54) is 16.3 Å². The van der Waals surface area contributed by atoms with Crippen LogP contribution in [0.3, 0.4) is 0 Å². The minimum atomic E-state index is 0.0248. The highest BCUT2D eigenvalue weighted by Gasteiger charge is 2.19. The molecule has 0 aliphatic carbocycles. The molecule has 0 bridgehead atoms. The minimum Gasteiger partial charge on any atom is -0.507 e. The molecule has 3 aromatic rings. The highest BCUT2D eigenvalue weighted by molar-refractivity contribution is 7.79. The van der Waals surface area contributed by atoms with Gasteiger partial charge in [-0.05, 0) is 39.4 Å². The van der Waals surface area contributed by atoms with Gasteiger partial charge >= 0.3 is 0 Å². The predicted molar refractivity (Wildman–Crippen MR) is 102 cm³/mol. The van der Waals surface area contributed by atoms with Crippen molar-refractivity contribution in [2.45, 2.75) is 31.9 Å². The third-order valence-electron chi connectivity index (χ3n) is 4.29. The lowest BCUT2D eigenvalue weighted by molar-refractivity contribution is 0.471. The Morgan fingerprint density at radius 3 is 2.26 bits per heavy atom. The van der Waals surface area contributed by atoms with Crippen molar-refractivity contribution in [2.24, 2.45) is 0 Å². The quantitative estimate of drug-likeness (QED) is 0.559. The third kappa shape index (κ3) is 3.09. The summed E-state index contributed by atoms with van der Waals surface area (Å²) >= 11 is 4.38. The zero-order valence-electron chi connectivity index (χ0n) is 13.8. The Labute approximate surface area is 143 Å². The Morgan fingerprint density at radius 2 is 1.61 bits per heavy atom. The first-order valence-electron chi connectivity index (χ1n) is 7.86. The first kappa shape index (κ1) is 15.9. The van der Waals surface area contributed by atoms with Crippen molar-refractivity contribution < 1.29 is 5.11 Å². The highest BCUT2D eigenvalue weighted by Crippen LogP contribution is 2.38. The number of fused-ring (bicyclic) bond motifs is 1. The van der Waals surface area contributed by atoms with Crippen LogP contribution in [0.25, 0.3) is 21.9 Å². The molecular weight excluding hydrogens is 300 g/mol. The summed E-state index contributed by atoms with van der Waals surface area (Å²) in [4.78, 5) is 0. The molecule has 0 amide bonds. The molecular formula is C21H22OS. The second-order valence-electron chi connectivity index (χ2n) is 7.00. The van der Waals surface area contributed by atoms with Crippen molar-refractivity contribution in [3.8, 4) is 16.9 Å². The average molecular weight is 322 g/mol. The molecule has 118 valence electrons. The van der Waals surface area contributed by atoms with Crippen molar-refractivity contribution in [3.63, 3.8) is 0 Å². The topological polar surface area (TPSA) is 20.2 Å². The molecule has 0 heterocycles. The summed E-state index contributed by atoms with van der Waals surface area (Å²) in [7, 11) is 0. The summed E-state index contributed by atoms with van der Waals surface area (Å²) in [5, 5.41) is 13.0. The second-order valence-corrected chi connectivity index (χ2v) is 7.32. The predicted octanol–water partition coefficient (Wildman–Crippen LogP) is 5.94. The molecule has 23 heavy (non-hydrogen) atoms. The van der Waals surface area contributed by atoms with Crippen molar-refractivity contribution in [1.29, 1.82) is 0 Å². The summed E-state index contributed by atoms with van der Waals surface area (Å²) in [6, 6.07) is 18.8. The first-order chi connectivity index (χ1) is 10.9. The van der Waals surface area contributed by atoms with Crippen LogP contribution in [0.4, 0.5) is 0 Å². The number of phenolic OH excluding ortho intramolecular Hbond substituents is 1. The molecule has 0 saturated carbocycles. The fourth-order valence-corrected chi connectivity index (χ4v) is 3.07. The molecule has 3 aromatic carbocycles. The van der Waals surface area contributed by atoms with Crippen molar-refractivity contribution in [3.05, 3.63) is 65.7 Å². The van der Waals surface area contributed by atoms with Gasteiger partial charge in [-0.2, -0.15) is 12.6 Å². The van der Waals surface area contributed by atoms with Gasteiger partial charge in [0.1, 0.15) is 5.75 Å². The SMILES string of the molecule is CC(C)(C)c1cc(CS)c(O)c(-c2ccc3ccccc3c2)c1. The number of phenols is 1. The normalized spacial score (nSPS) is 11.8. The van der Waals surface area contributed by atoms with Gasteiger partial charge < -0.3 is 5.11 Å². The van der Waals surface area contributed by atoms with E-state index in [1.54, 1.807) is 0 Å². The van der Waals surface area contributed by atoms with Crippen LogP contribution >= 0.6 is 12.6 Å².